The van der Waals surface area contributed by atoms with E-state index in [4.69, 9.17) is 0 Å². The number of nitrogens with zero attached hydrogens (tertiary/aromatic N) is 1. The Balaban J connectivity index is 2.61. The molecule has 2 aromatic rings. The van der Waals surface area contributed by atoms with Gasteiger partial charge in [0, 0.05) is 5.56 Å². The van der Waals surface area contributed by atoms with Crippen LogP contribution in [0, 0.1) is 0 Å². The van der Waals surface area contributed by atoms with Crippen LogP contribution in [0.3, 0.4) is 0 Å². The van der Waals surface area contributed by atoms with Crippen LogP contribution < -0.4 is 0 Å². The minimum Gasteiger partial charge on any atom is -0.325 e. The van der Waals surface area contributed by atoms with E-state index in [1.165, 1.54) is 16.3 Å². The predicted molar refractivity (Wildman–Crippen MR) is 70.4 cm³/mol. The van der Waals surface area contributed by atoms with Crippen molar-refractivity contribution in [2.24, 2.45) is 0 Å². The molecule has 0 aromatic heterocycles. The molecule has 84 valence electrons. The minimum absolute atomic E-state index is 0.506. The van der Waals surface area contributed by atoms with E-state index in [9.17, 15) is 0 Å². The summed E-state index contributed by atoms with van der Waals surface area (Å²) in [5.41, 5.74) is 1.44. The third-order valence-electron chi connectivity index (χ3n) is 3.44. The van der Waals surface area contributed by atoms with Gasteiger partial charge in [0.15, 0.2) is 0 Å². The SMILES string of the molecule is C[C@@H](c1cccc2ccccc12)[N+](C)(C)C. The van der Waals surface area contributed by atoms with Crippen LogP contribution in [0.1, 0.15) is 18.5 Å². The molecule has 1 atom stereocenters. The molecule has 0 saturated heterocycles. The zero-order valence-electron chi connectivity index (χ0n) is 10.6. The molecule has 0 fully saturated rings. The van der Waals surface area contributed by atoms with Gasteiger partial charge >= 0.3 is 0 Å². The normalized spacial score (nSPS) is 14.0. The molecule has 0 aliphatic rings. The fourth-order valence-corrected chi connectivity index (χ4v) is 2.03. The molecule has 0 aliphatic carbocycles. The summed E-state index contributed by atoms with van der Waals surface area (Å²) in [5, 5.41) is 2.71. The van der Waals surface area contributed by atoms with E-state index in [-0.39, 0.29) is 0 Å². The summed E-state index contributed by atoms with van der Waals surface area (Å²) in [5.74, 6) is 0. The molecule has 16 heavy (non-hydrogen) atoms. The van der Waals surface area contributed by atoms with Crippen LogP contribution in [0.2, 0.25) is 0 Å². The highest BCUT2D eigenvalue weighted by Gasteiger charge is 2.21. The Morgan fingerprint density at radius 1 is 0.875 bits per heavy atom. The lowest BCUT2D eigenvalue weighted by molar-refractivity contribution is -0.900. The Morgan fingerprint density at radius 2 is 1.50 bits per heavy atom. The number of hydrogen-bond acceptors (Lipinski definition) is 0. The summed E-state index contributed by atoms with van der Waals surface area (Å²) in [7, 11) is 6.73. The fraction of sp³-hybridized carbons (Fsp3) is 0.333. The second-order valence-electron chi connectivity index (χ2n) is 5.36. The van der Waals surface area contributed by atoms with Gasteiger partial charge in [-0.25, -0.2) is 0 Å². The van der Waals surface area contributed by atoms with Gasteiger partial charge in [-0.2, -0.15) is 0 Å². The molecular weight excluding hydrogens is 194 g/mol. The first-order chi connectivity index (χ1) is 7.50. The van der Waals surface area contributed by atoms with Crippen molar-refractivity contribution in [2.75, 3.05) is 21.1 Å². The van der Waals surface area contributed by atoms with Crippen molar-refractivity contribution in [2.45, 2.75) is 13.0 Å². The largest absolute Gasteiger partial charge is 0.325 e. The van der Waals surface area contributed by atoms with E-state index in [0.717, 1.165) is 4.48 Å². The summed E-state index contributed by atoms with van der Waals surface area (Å²) >= 11 is 0. The topological polar surface area (TPSA) is 0 Å². The molecule has 1 heteroatoms. The maximum Gasteiger partial charge on any atom is 0.112 e. The van der Waals surface area contributed by atoms with Crippen LogP contribution in [0.4, 0.5) is 0 Å². The first kappa shape index (κ1) is 11.2. The average Bonchev–Trinajstić information content (AvgIpc) is 2.26. The van der Waals surface area contributed by atoms with Crippen LogP contribution in [0.5, 0.6) is 0 Å². The summed E-state index contributed by atoms with van der Waals surface area (Å²) in [6.07, 6.45) is 0. The number of hydrogen-bond donors (Lipinski definition) is 0. The molecule has 0 heterocycles. The number of rotatable bonds is 2. The van der Waals surface area contributed by atoms with Crippen LogP contribution in [0.15, 0.2) is 42.5 Å². The molecule has 0 bridgehead atoms. The molecule has 0 N–H and O–H groups in total. The van der Waals surface area contributed by atoms with Crippen molar-refractivity contribution >= 4 is 10.8 Å². The zero-order valence-corrected chi connectivity index (χ0v) is 10.6. The summed E-state index contributed by atoms with van der Waals surface area (Å²) in [4.78, 5) is 0. The Bertz CT molecular complexity index is 489. The molecule has 0 spiro atoms. The maximum absolute atomic E-state index is 2.29. The van der Waals surface area contributed by atoms with Gasteiger partial charge < -0.3 is 4.48 Å². The maximum atomic E-state index is 2.29. The van der Waals surface area contributed by atoms with Crippen LogP contribution >= 0.6 is 0 Å². The van der Waals surface area contributed by atoms with Gasteiger partial charge in [0.2, 0.25) is 0 Å². The molecule has 1 nitrogen and oxygen atoms in total. The Labute approximate surface area is 97.9 Å². The highest BCUT2D eigenvalue weighted by molar-refractivity contribution is 5.85. The Hall–Kier alpha value is -1.34. The lowest BCUT2D eigenvalue weighted by Crippen LogP contribution is -2.37. The van der Waals surface area contributed by atoms with E-state index >= 15 is 0 Å². The summed E-state index contributed by atoms with van der Waals surface area (Å²) in [6, 6.07) is 15.7. The third-order valence-corrected chi connectivity index (χ3v) is 3.44. The Morgan fingerprint density at radius 3 is 2.19 bits per heavy atom. The molecule has 0 saturated carbocycles. The molecule has 2 aromatic carbocycles. The fourth-order valence-electron chi connectivity index (χ4n) is 2.03. The summed E-state index contributed by atoms with van der Waals surface area (Å²) < 4.78 is 0.952. The van der Waals surface area contributed by atoms with E-state index in [0.29, 0.717) is 6.04 Å². The Kier molecular flexibility index (Phi) is 2.73. The monoisotopic (exact) mass is 214 g/mol. The number of quaternary nitrogens is 1. The molecule has 0 radical (unpaired) electrons. The van der Waals surface area contributed by atoms with Gasteiger partial charge in [0.1, 0.15) is 6.04 Å². The molecule has 0 amide bonds. The van der Waals surface area contributed by atoms with Gasteiger partial charge in [-0.1, -0.05) is 42.5 Å². The van der Waals surface area contributed by atoms with Crippen molar-refractivity contribution in [1.29, 1.82) is 0 Å². The molecule has 0 unspecified atom stereocenters. The van der Waals surface area contributed by atoms with Crippen LogP contribution in [-0.2, 0) is 0 Å². The lowest BCUT2D eigenvalue weighted by atomic mass is 9.98. The van der Waals surface area contributed by atoms with Crippen molar-refractivity contribution in [3.8, 4) is 0 Å². The van der Waals surface area contributed by atoms with E-state index in [2.05, 4.69) is 70.5 Å². The van der Waals surface area contributed by atoms with Gasteiger partial charge in [-0.15, -0.1) is 0 Å². The van der Waals surface area contributed by atoms with Gasteiger partial charge in [0.05, 0.1) is 21.1 Å². The van der Waals surface area contributed by atoms with Gasteiger partial charge in [0.25, 0.3) is 0 Å². The summed E-state index contributed by atoms with van der Waals surface area (Å²) in [6.45, 7) is 2.29. The van der Waals surface area contributed by atoms with E-state index < -0.39 is 0 Å². The lowest BCUT2D eigenvalue weighted by Gasteiger charge is -2.32. The standard InChI is InChI=1S/C15H20N/c1-12(16(2,3)4)14-11-7-9-13-8-5-6-10-15(13)14/h5-12H,1-4H3/q+1/t12-/m0/s1. The highest BCUT2D eigenvalue weighted by atomic mass is 15.3. The van der Waals surface area contributed by atoms with Crippen molar-refractivity contribution in [1.82, 2.24) is 0 Å². The second-order valence-corrected chi connectivity index (χ2v) is 5.36. The highest BCUT2D eigenvalue weighted by Crippen LogP contribution is 2.29. The van der Waals surface area contributed by atoms with E-state index in [1.54, 1.807) is 0 Å². The molecular formula is C15H20N+. The number of fused-ring (bicyclic) bond motifs is 1. The first-order valence-electron chi connectivity index (χ1n) is 5.79. The minimum atomic E-state index is 0.506. The average molecular weight is 214 g/mol. The van der Waals surface area contributed by atoms with Crippen LogP contribution in [0.25, 0.3) is 10.8 Å². The van der Waals surface area contributed by atoms with Crippen LogP contribution in [-0.4, -0.2) is 25.6 Å². The zero-order chi connectivity index (χ0) is 11.8. The van der Waals surface area contributed by atoms with Gasteiger partial charge in [-0.3, -0.25) is 0 Å². The quantitative estimate of drug-likeness (QED) is 0.670. The third kappa shape index (κ3) is 1.96. The first-order valence-corrected chi connectivity index (χ1v) is 5.79. The number of benzene rings is 2. The molecule has 2 rings (SSSR count). The van der Waals surface area contributed by atoms with Crippen molar-refractivity contribution in [3.63, 3.8) is 0 Å². The smallest absolute Gasteiger partial charge is 0.112 e. The molecule has 0 aliphatic heterocycles. The predicted octanol–water partition coefficient (Wildman–Crippen LogP) is 3.61. The van der Waals surface area contributed by atoms with Gasteiger partial charge in [-0.05, 0) is 17.7 Å². The van der Waals surface area contributed by atoms with Crippen molar-refractivity contribution in [3.05, 3.63) is 48.0 Å². The van der Waals surface area contributed by atoms with E-state index in [1.807, 2.05) is 0 Å². The second kappa shape index (κ2) is 3.91. The van der Waals surface area contributed by atoms with Crippen molar-refractivity contribution < 1.29 is 4.48 Å².